The molecule has 4 heterocycles. The zero-order valence-electron chi connectivity index (χ0n) is 18.1. The molecule has 15 heteroatoms. The molecule has 9 nitrogen and oxygen atoms in total. The Kier molecular flexibility index (Phi) is 6.98. The molecule has 2 aromatic heterocycles. The highest BCUT2D eigenvalue weighted by Crippen LogP contribution is 2.38. The van der Waals surface area contributed by atoms with Gasteiger partial charge >= 0.3 is 18.3 Å². The molecule has 2 aliphatic heterocycles. The van der Waals surface area contributed by atoms with Gasteiger partial charge in [-0.25, -0.2) is 9.97 Å². The summed E-state index contributed by atoms with van der Waals surface area (Å²) in [5.74, 6) is -2.76. The lowest BCUT2D eigenvalue weighted by Crippen LogP contribution is -2.39. The zero-order chi connectivity index (χ0) is 25.2. The molecule has 1 amide bonds. The van der Waals surface area contributed by atoms with E-state index >= 15 is 0 Å². The van der Waals surface area contributed by atoms with Crippen LogP contribution in [0.4, 0.5) is 43.9 Å². The van der Waals surface area contributed by atoms with E-state index in [4.69, 9.17) is 9.47 Å². The fourth-order valence-electron chi connectivity index (χ4n) is 3.57. The number of halogens is 6. The number of hydrogen-bond donors (Lipinski definition) is 1. The zero-order valence-corrected chi connectivity index (χ0v) is 18.1. The third-order valence-electron chi connectivity index (χ3n) is 5.31. The van der Waals surface area contributed by atoms with Crippen LogP contribution in [0.3, 0.4) is 0 Å². The normalized spacial score (nSPS) is 17.4. The monoisotopic (exact) mass is 506 g/mol. The molecule has 4 rings (SSSR count). The molecule has 0 atom stereocenters. The van der Waals surface area contributed by atoms with Crippen molar-refractivity contribution in [2.75, 3.05) is 67.7 Å². The number of ether oxygens (including phenoxy) is 2. The van der Waals surface area contributed by atoms with E-state index in [0.29, 0.717) is 64.5 Å². The molecule has 2 fully saturated rings. The second-order valence-electron chi connectivity index (χ2n) is 7.67. The summed E-state index contributed by atoms with van der Waals surface area (Å²) < 4.78 is 90.1. The minimum Gasteiger partial charge on any atom is -0.378 e. The smallest absolute Gasteiger partial charge is 0.378 e. The number of nitrogens with zero attached hydrogens (tertiary/aromatic N) is 5. The van der Waals surface area contributed by atoms with Crippen LogP contribution in [0.25, 0.3) is 11.3 Å². The highest BCUT2D eigenvalue weighted by atomic mass is 19.4. The molecule has 2 aromatic rings. The first-order chi connectivity index (χ1) is 16.5. The fraction of sp³-hybridized carbons (Fsp3) is 0.500. The molecule has 0 saturated carbocycles. The second kappa shape index (κ2) is 9.81. The average Bonchev–Trinajstić information content (AvgIpc) is 2.83. The van der Waals surface area contributed by atoms with E-state index in [1.54, 1.807) is 4.90 Å². The SMILES string of the molecule is O=C(Nc1cc(C(F)(F)F)c(-c2cc(N3CCOCC3)nc(N3CCOCC3)n2)cn1)C(F)(F)F. The van der Waals surface area contributed by atoms with Gasteiger partial charge in [-0.15, -0.1) is 0 Å². The standard InChI is InChI=1S/C20H20F6N6O3/c21-19(22,23)13-9-15(29-17(33)20(24,25)26)27-11-12(13)14-10-16(31-1-5-34-6-2-31)30-18(28-14)32-3-7-35-8-4-32/h9-11H,1-8H2,(H,27,29,33). The third-order valence-corrected chi connectivity index (χ3v) is 5.31. The minimum absolute atomic E-state index is 0.114. The summed E-state index contributed by atoms with van der Waals surface area (Å²) in [6.07, 6.45) is -9.52. The predicted molar refractivity (Wildman–Crippen MR) is 111 cm³/mol. The van der Waals surface area contributed by atoms with E-state index in [9.17, 15) is 31.1 Å². The van der Waals surface area contributed by atoms with E-state index in [1.165, 1.54) is 11.4 Å². The molecular formula is C20H20F6N6O3. The van der Waals surface area contributed by atoms with Crippen molar-refractivity contribution < 1.29 is 40.6 Å². The number of carbonyl (C=O) groups excluding carboxylic acids is 1. The van der Waals surface area contributed by atoms with Crippen LogP contribution in [0.1, 0.15) is 5.56 Å². The maximum Gasteiger partial charge on any atom is 0.471 e. The van der Waals surface area contributed by atoms with Gasteiger partial charge in [-0.3, -0.25) is 4.79 Å². The van der Waals surface area contributed by atoms with E-state index in [1.807, 2.05) is 4.90 Å². The first-order valence-electron chi connectivity index (χ1n) is 10.5. The number of anilines is 3. The van der Waals surface area contributed by atoms with Crippen LogP contribution in [-0.4, -0.2) is 79.6 Å². The van der Waals surface area contributed by atoms with E-state index in [-0.39, 0.29) is 11.6 Å². The molecule has 0 bridgehead atoms. The molecule has 2 aliphatic rings. The van der Waals surface area contributed by atoms with E-state index < -0.39 is 35.2 Å². The van der Waals surface area contributed by atoms with E-state index in [0.717, 1.165) is 6.20 Å². The molecule has 190 valence electrons. The van der Waals surface area contributed by atoms with Crippen molar-refractivity contribution in [1.82, 2.24) is 15.0 Å². The van der Waals surface area contributed by atoms with Gasteiger partial charge in [0.15, 0.2) is 0 Å². The second-order valence-corrected chi connectivity index (χ2v) is 7.67. The lowest BCUT2D eigenvalue weighted by Gasteiger charge is -2.31. The number of carbonyl (C=O) groups is 1. The van der Waals surface area contributed by atoms with Gasteiger partial charge in [0.05, 0.1) is 37.7 Å². The Hall–Kier alpha value is -3.20. The van der Waals surface area contributed by atoms with Crippen LogP contribution in [0, 0.1) is 0 Å². The molecule has 2 saturated heterocycles. The summed E-state index contributed by atoms with van der Waals surface area (Å²) in [4.78, 5) is 27.3. The summed E-state index contributed by atoms with van der Waals surface area (Å²) in [5.41, 5.74) is -1.88. The molecule has 1 N–H and O–H groups in total. The quantitative estimate of drug-likeness (QED) is 0.634. The van der Waals surface area contributed by atoms with E-state index in [2.05, 4.69) is 15.0 Å². The summed E-state index contributed by atoms with van der Waals surface area (Å²) in [6.45, 7) is 3.40. The highest BCUT2D eigenvalue weighted by molar-refractivity contribution is 5.94. The van der Waals surface area contributed by atoms with Gasteiger partial charge in [-0.05, 0) is 6.07 Å². The van der Waals surface area contributed by atoms with Crippen molar-refractivity contribution in [2.45, 2.75) is 12.4 Å². The Morgan fingerprint density at radius 3 is 2.06 bits per heavy atom. The van der Waals surface area contributed by atoms with Gasteiger partial charge in [-0.2, -0.15) is 31.3 Å². The van der Waals surface area contributed by atoms with Crippen LogP contribution in [0.5, 0.6) is 0 Å². The summed E-state index contributed by atoms with van der Waals surface area (Å²) in [7, 11) is 0. The Morgan fingerprint density at radius 1 is 0.886 bits per heavy atom. The summed E-state index contributed by atoms with van der Waals surface area (Å²) >= 11 is 0. The average molecular weight is 506 g/mol. The number of morpholine rings is 2. The maximum absolute atomic E-state index is 13.9. The van der Waals surface area contributed by atoms with Gasteiger partial charge < -0.3 is 24.6 Å². The van der Waals surface area contributed by atoms with Crippen LogP contribution < -0.4 is 15.1 Å². The highest BCUT2D eigenvalue weighted by Gasteiger charge is 2.40. The van der Waals surface area contributed by atoms with Crippen molar-refractivity contribution in [3.63, 3.8) is 0 Å². The lowest BCUT2D eigenvalue weighted by atomic mass is 10.1. The first-order valence-corrected chi connectivity index (χ1v) is 10.5. The molecule has 0 unspecified atom stereocenters. The summed E-state index contributed by atoms with van der Waals surface area (Å²) in [6, 6.07) is 1.72. The largest absolute Gasteiger partial charge is 0.471 e. The Labute approximate surface area is 195 Å². The van der Waals surface area contributed by atoms with Crippen LogP contribution >= 0.6 is 0 Å². The molecule has 0 radical (unpaired) electrons. The number of aromatic nitrogens is 3. The fourth-order valence-corrected chi connectivity index (χ4v) is 3.57. The Bertz CT molecular complexity index is 1030. The van der Waals surface area contributed by atoms with Gasteiger partial charge in [0.1, 0.15) is 11.6 Å². The number of nitrogens with one attached hydrogen (secondary N) is 1. The van der Waals surface area contributed by atoms with Crippen LogP contribution in [0.2, 0.25) is 0 Å². The van der Waals surface area contributed by atoms with Crippen LogP contribution in [-0.2, 0) is 20.4 Å². The number of pyridine rings is 1. The van der Waals surface area contributed by atoms with Crippen molar-refractivity contribution in [3.05, 3.63) is 23.9 Å². The molecule has 35 heavy (non-hydrogen) atoms. The van der Waals surface area contributed by atoms with Gasteiger partial charge in [-0.1, -0.05) is 0 Å². The first kappa shape index (κ1) is 24.9. The minimum atomic E-state index is -5.29. The van der Waals surface area contributed by atoms with Gasteiger partial charge in [0, 0.05) is 44.0 Å². The molecule has 0 aromatic carbocycles. The van der Waals surface area contributed by atoms with Gasteiger partial charge in [0.25, 0.3) is 0 Å². The van der Waals surface area contributed by atoms with Crippen molar-refractivity contribution >= 4 is 23.5 Å². The number of hydrogen-bond acceptors (Lipinski definition) is 8. The Balaban J connectivity index is 1.78. The number of amides is 1. The number of alkyl halides is 6. The van der Waals surface area contributed by atoms with Crippen molar-refractivity contribution in [1.29, 1.82) is 0 Å². The van der Waals surface area contributed by atoms with Crippen LogP contribution in [0.15, 0.2) is 18.3 Å². The summed E-state index contributed by atoms with van der Waals surface area (Å²) in [5, 5.41) is 1.35. The predicted octanol–water partition coefficient (Wildman–Crippen LogP) is 2.73. The van der Waals surface area contributed by atoms with Gasteiger partial charge in [0.2, 0.25) is 5.95 Å². The van der Waals surface area contributed by atoms with Crippen molar-refractivity contribution in [3.8, 4) is 11.3 Å². The lowest BCUT2D eigenvalue weighted by molar-refractivity contribution is -0.167. The topological polar surface area (TPSA) is 92.7 Å². The molecule has 0 aliphatic carbocycles. The number of rotatable bonds is 4. The third kappa shape index (κ3) is 5.90. The Morgan fingerprint density at radius 2 is 1.49 bits per heavy atom. The molecular weight excluding hydrogens is 486 g/mol. The molecule has 0 spiro atoms. The maximum atomic E-state index is 13.9. The van der Waals surface area contributed by atoms with Crippen molar-refractivity contribution in [2.24, 2.45) is 0 Å².